The van der Waals surface area contributed by atoms with E-state index < -0.39 is 0 Å². The molecule has 0 bridgehead atoms. The van der Waals surface area contributed by atoms with Gasteiger partial charge in [0.05, 0.1) is 5.69 Å². The number of aromatic nitrogens is 3. The zero-order valence-electron chi connectivity index (χ0n) is 9.57. The van der Waals surface area contributed by atoms with Crippen molar-refractivity contribution in [3.63, 3.8) is 0 Å². The Morgan fingerprint density at radius 1 is 1.28 bits per heavy atom. The topological polar surface area (TPSA) is 64.7 Å². The SMILES string of the molecule is OCCc1[nH]c(-c2c[nH]c3ccccc23)nc1Br. The molecule has 0 fully saturated rings. The molecule has 3 rings (SSSR count). The normalized spacial score (nSPS) is 11.2. The Morgan fingerprint density at radius 3 is 2.94 bits per heavy atom. The molecule has 4 nitrogen and oxygen atoms in total. The highest BCUT2D eigenvalue weighted by molar-refractivity contribution is 9.10. The molecule has 2 heterocycles. The number of imidazole rings is 1. The first kappa shape index (κ1) is 11.5. The molecule has 5 heteroatoms. The van der Waals surface area contributed by atoms with Crippen LogP contribution in [-0.4, -0.2) is 26.7 Å². The Bertz CT molecular complexity index is 686. The van der Waals surface area contributed by atoms with E-state index in [1.54, 1.807) is 0 Å². The van der Waals surface area contributed by atoms with E-state index in [0.717, 1.165) is 32.6 Å². The number of halogens is 1. The summed E-state index contributed by atoms with van der Waals surface area (Å²) < 4.78 is 0.761. The standard InChI is InChI=1S/C13H12BrN3O/c14-12-11(5-6-18)16-13(17-12)9-7-15-10-4-2-1-3-8(9)10/h1-4,7,15,18H,5-6H2,(H,16,17). The van der Waals surface area contributed by atoms with Crippen LogP contribution in [0.4, 0.5) is 0 Å². The number of aliphatic hydroxyl groups is 1. The minimum atomic E-state index is 0.105. The Balaban J connectivity index is 2.11. The number of aliphatic hydroxyl groups excluding tert-OH is 1. The number of aromatic amines is 2. The summed E-state index contributed by atoms with van der Waals surface area (Å²) in [6.07, 6.45) is 2.51. The second-order valence-electron chi connectivity index (χ2n) is 4.08. The second-order valence-corrected chi connectivity index (χ2v) is 4.83. The number of hydrogen-bond donors (Lipinski definition) is 3. The molecule has 92 valence electrons. The minimum absolute atomic E-state index is 0.105. The van der Waals surface area contributed by atoms with E-state index in [1.807, 2.05) is 24.4 Å². The first-order chi connectivity index (χ1) is 8.79. The molecule has 3 aromatic rings. The largest absolute Gasteiger partial charge is 0.396 e. The lowest BCUT2D eigenvalue weighted by atomic mass is 10.2. The molecule has 0 radical (unpaired) electrons. The van der Waals surface area contributed by atoms with Crippen molar-refractivity contribution < 1.29 is 5.11 Å². The van der Waals surface area contributed by atoms with Gasteiger partial charge in [-0.2, -0.15) is 0 Å². The molecular formula is C13H12BrN3O. The Labute approximate surface area is 112 Å². The molecule has 0 amide bonds. The summed E-state index contributed by atoms with van der Waals surface area (Å²) in [6.45, 7) is 0.105. The summed E-state index contributed by atoms with van der Waals surface area (Å²) in [7, 11) is 0. The van der Waals surface area contributed by atoms with Crippen LogP contribution in [0.5, 0.6) is 0 Å². The number of rotatable bonds is 3. The van der Waals surface area contributed by atoms with Crippen LogP contribution in [0.15, 0.2) is 35.1 Å². The van der Waals surface area contributed by atoms with Gasteiger partial charge in [0.25, 0.3) is 0 Å². The fourth-order valence-corrected chi connectivity index (χ4v) is 2.54. The van der Waals surface area contributed by atoms with Crippen LogP contribution < -0.4 is 0 Å². The smallest absolute Gasteiger partial charge is 0.141 e. The van der Waals surface area contributed by atoms with Crippen LogP contribution in [0, 0.1) is 0 Å². The van der Waals surface area contributed by atoms with E-state index in [9.17, 15) is 0 Å². The third-order valence-electron chi connectivity index (χ3n) is 2.93. The van der Waals surface area contributed by atoms with Crippen molar-refractivity contribution in [2.24, 2.45) is 0 Å². The van der Waals surface area contributed by atoms with Crippen LogP contribution >= 0.6 is 15.9 Å². The van der Waals surface area contributed by atoms with Crippen molar-refractivity contribution >= 4 is 26.8 Å². The maximum Gasteiger partial charge on any atom is 0.141 e. The van der Waals surface area contributed by atoms with Crippen LogP contribution in [0.3, 0.4) is 0 Å². The number of benzene rings is 1. The first-order valence-electron chi connectivity index (χ1n) is 5.71. The van der Waals surface area contributed by atoms with Gasteiger partial charge in [0.1, 0.15) is 10.4 Å². The number of fused-ring (bicyclic) bond motifs is 1. The Hall–Kier alpha value is -1.59. The van der Waals surface area contributed by atoms with Gasteiger partial charge < -0.3 is 15.1 Å². The maximum absolute atomic E-state index is 8.98. The van der Waals surface area contributed by atoms with Crippen LogP contribution in [-0.2, 0) is 6.42 Å². The van der Waals surface area contributed by atoms with Crippen molar-refractivity contribution in [3.8, 4) is 11.4 Å². The van der Waals surface area contributed by atoms with Gasteiger partial charge in [-0.3, -0.25) is 0 Å². The van der Waals surface area contributed by atoms with Crippen molar-refractivity contribution in [2.45, 2.75) is 6.42 Å². The molecule has 0 aliphatic heterocycles. The quantitative estimate of drug-likeness (QED) is 0.696. The third kappa shape index (κ3) is 1.85. The highest BCUT2D eigenvalue weighted by Crippen LogP contribution is 2.28. The average Bonchev–Trinajstić information content (AvgIpc) is 2.94. The van der Waals surface area contributed by atoms with Gasteiger partial charge in [0.15, 0.2) is 0 Å². The fourth-order valence-electron chi connectivity index (χ4n) is 2.06. The molecule has 0 atom stereocenters. The molecule has 0 spiro atoms. The van der Waals surface area contributed by atoms with Crippen molar-refractivity contribution in [2.75, 3.05) is 6.61 Å². The van der Waals surface area contributed by atoms with E-state index >= 15 is 0 Å². The van der Waals surface area contributed by atoms with Gasteiger partial charge in [-0.1, -0.05) is 18.2 Å². The monoisotopic (exact) mass is 305 g/mol. The predicted molar refractivity (Wildman–Crippen MR) is 74.4 cm³/mol. The molecule has 18 heavy (non-hydrogen) atoms. The van der Waals surface area contributed by atoms with Crippen LogP contribution in [0.2, 0.25) is 0 Å². The van der Waals surface area contributed by atoms with Gasteiger partial charge >= 0.3 is 0 Å². The lowest BCUT2D eigenvalue weighted by molar-refractivity contribution is 0.298. The molecule has 0 aliphatic rings. The van der Waals surface area contributed by atoms with Crippen molar-refractivity contribution in [3.05, 3.63) is 40.8 Å². The highest BCUT2D eigenvalue weighted by atomic mass is 79.9. The molecule has 2 aromatic heterocycles. The van der Waals surface area contributed by atoms with Crippen molar-refractivity contribution in [1.29, 1.82) is 0 Å². The van der Waals surface area contributed by atoms with Crippen LogP contribution in [0.25, 0.3) is 22.3 Å². The molecule has 3 N–H and O–H groups in total. The summed E-state index contributed by atoms with van der Waals surface area (Å²) in [5.41, 5.74) is 3.04. The van der Waals surface area contributed by atoms with Crippen LogP contribution in [0.1, 0.15) is 5.69 Å². The summed E-state index contributed by atoms with van der Waals surface area (Å²) in [5, 5.41) is 10.1. The molecule has 0 aliphatic carbocycles. The molecule has 0 saturated carbocycles. The summed E-state index contributed by atoms with van der Waals surface area (Å²) >= 11 is 3.40. The molecular weight excluding hydrogens is 294 g/mol. The number of H-pyrrole nitrogens is 2. The zero-order valence-corrected chi connectivity index (χ0v) is 11.2. The van der Waals surface area contributed by atoms with E-state index in [2.05, 4.69) is 36.9 Å². The summed E-state index contributed by atoms with van der Waals surface area (Å²) in [5.74, 6) is 0.808. The molecule has 0 saturated heterocycles. The summed E-state index contributed by atoms with van der Waals surface area (Å²) in [6, 6.07) is 8.10. The minimum Gasteiger partial charge on any atom is -0.396 e. The number of para-hydroxylation sites is 1. The lowest BCUT2D eigenvalue weighted by Crippen LogP contribution is -1.91. The molecule has 0 unspecified atom stereocenters. The number of hydrogen-bond acceptors (Lipinski definition) is 2. The van der Waals surface area contributed by atoms with Gasteiger partial charge in [0.2, 0.25) is 0 Å². The predicted octanol–water partition coefficient (Wildman–Crippen LogP) is 2.86. The number of nitrogens with zero attached hydrogens (tertiary/aromatic N) is 1. The van der Waals surface area contributed by atoms with E-state index in [1.165, 1.54) is 0 Å². The van der Waals surface area contributed by atoms with Crippen molar-refractivity contribution in [1.82, 2.24) is 15.0 Å². The first-order valence-corrected chi connectivity index (χ1v) is 6.50. The van der Waals surface area contributed by atoms with E-state index in [-0.39, 0.29) is 6.61 Å². The zero-order chi connectivity index (χ0) is 12.5. The van der Waals surface area contributed by atoms with E-state index in [4.69, 9.17) is 5.11 Å². The van der Waals surface area contributed by atoms with Gasteiger partial charge in [-0.25, -0.2) is 4.98 Å². The average molecular weight is 306 g/mol. The van der Waals surface area contributed by atoms with Gasteiger partial charge in [-0.05, 0) is 22.0 Å². The number of nitrogens with one attached hydrogen (secondary N) is 2. The fraction of sp³-hybridized carbons (Fsp3) is 0.154. The van der Waals surface area contributed by atoms with Gasteiger partial charge in [-0.15, -0.1) is 0 Å². The Morgan fingerprint density at radius 2 is 2.11 bits per heavy atom. The third-order valence-corrected chi connectivity index (χ3v) is 3.59. The van der Waals surface area contributed by atoms with E-state index in [0.29, 0.717) is 6.42 Å². The van der Waals surface area contributed by atoms with Gasteiger partial charge in [0, 0.05) is 35.7 Å². The summed E-state index contributed by atoms with van der Waals surface area (Å²) in [4.78, 5) is 10.9. The Kier molecular flexibility index (Phi) is 2.93. The lowest BCUT2D eigenvalue weighted by Gasteiger charge is -1.94. The highest BCUT2D eigenvalue weighted by Gasteiger charge is 2.12. The molecule has 1 aromatic carbocycles. The maximum atomic E-state index is 8.98. The second kappa shape index (κ2) is 4.59.